The monoisotopic (exact) mass is 193 g/mol. The minimum absolute atomic E-state index is 0.188. The van der Waals surface area contributed by atoms with Crippen molar-refractivity contribution in [2.24, 2.45) is 29.6 Å². The zero-order valence-corrected chi connectivity index (χ0v) is 7.94. The van der Waals surface area contributed by atoms with Crippen molar-refractivity contribution in [3.05, 3.63) is 0 Å². The van der Waals surface area contributed by atoms with Crippen LogP contribution < -0.4 is 5.11 Å². The number of aliphatic carboxylic acids is 1. The third-order valence-electron chi connectivity index (χ3n) is 4.41. The van der Waals surface area contributed by atoms with Crippen molar-refractivity contribution in [3.8, 4) is 0 Å². The first-order valence-electron chi connectivity index (χ1n) is 5.41. The Morgan fingerprint density at radius 3 is 2.71 bits per heavy atom. The summed E-state index contributed by atoms with van der Waals surface area (Å²) in [6, 6.07) is 0. The van der Waals surface area contributed by atoms with Crippen LogP contribution in [0.3, 0.4) is 0 Å². The standard InChI is InChI=1S/C11H14O3/c12-10-7-2-5-1-6(4-7)9(11(13)14)8(10)3-5/h5-9H,1-4H2,(H,13,14)/p-1/t5-,6-,7+,8-,9+/m1/s1. The van der Waals surface area contributed by atoms with E-state index in [2.05, 4.69) is 0 Å². The lowest BCUT2D eigenvalue weighted by Gasteiger charge is -2.53. The number of hydrogen-bond donors (Lipinski definition) is 0. The maximum Gasteiger partial charge on any atom is 0.139 e. The van der Waals surface area contributed by atoms with Gasteiger partial charge in [0.1, 0.15) is 5.78 Å². The van der Waals surface area contributed by atoms with E-state index < -0.39 is 11.9 Å². The molecule has 0 radical (unpaired) electrons. The van der Waals surface area contributed by atoms with Gasteiger partial charge >= 0.3 is 0 Å². The van der Waals surface area contributed by atoms with Crippen molar-refractivity contribution in [2.75, 3.05) is 0 Å². The molecule has 3 nitrogen and oxygen atoms in total. The highest BCUT2D eigenvalue weighted by Gasteiger charge is 2.53. The Kier molecular flexibility index (Phi) is 1.56. The van der Waals surface area contributed by atoms with E-state index in [1.165, 1.54) is 0 Å². The van der Waals surface area contributed by atoms with Gasteiger partial charge in [0, 0.05) is 23.7 Å². The van der Waals surface area contributed by atoms with E-state index in [1.54, 1.807) is 0 Å². The van der Waals surface area contributed by atoms with Gasteiger partial charge in [-0.25, -0.2) is 0 Å². The zero-order valence-electron chi connectivity index (χ0n) is 7.94. The molecule has 0 aliphatic heterocycles. The molecule has 3 heteroatoms. The third-order valence-corrected chi connectivity index (χ3v) is 4.41. The van der Waals surface area contributed by atoms with Crippen LogP contribution in [-0.4, -0.2) is 11.8 Å². The number of carbonyl (C=O) groups is 2. The van der Waals surface area contributed by atoms with E-state index in [-0.39, 0.29) is 23.5 Å². The Bertz CT molecular complexity index is 310. The van der Waals surface area contributed by atoms with Crippen LogP contribution in [-0.2, 0) is 9.59 Å². The van der Waals surface area contributed by atoms with E-state index in [9.17, 15) is 14.7 Å². The SMILES string of the molecule is O=C([O-])[C@H]1[C@@H]2C[C@@H]3C[C@@H](C2)C(=O)[C@@H]1C3. The summed E-state index contributed by atoms with van der Waals surface area (Å²) in [6.45, 7) is 0. The Hall–Kier alpha value is -0.860. The average molecular weight is 193 g/mol. The second-order valence-corrected chi connectivity index (χ2v) is 5.12. The fraction of sp³-hybridized carbons (Fsp3) is 0.818. The van der Waals surface area contributed by atoms with E-state index in [1.807, 2.05) is 0 Å². The molecule has 0 saturated heterocycles. The molecule has 76 valence electrons. The highest BCUT2D eigenvalue weighted by molar-refractivity contribution is 5.90. The van der Waals surface area contributed by atoms with E-state index >= 15 is 0 Å². The number of hydrogen-bond acceptors (Lipinski definition) is 3. The molecule has 4 aliphatic carbocycles. The lowest BCUT2D eigenvalue weighted by Crippen LogP contribution is -2.56. The first-order chi connectivity index (χ1) is 6.66. The van der Waals surface area contributed by atoms with Gasteiger partial charge in [0.2, 0.25) is 0 Å². The van der Waals surface area contributed by atoms with Gasteiger partial charge in [0.25, 0.3) is 0 Å². The van der Waals surface area contributed by atoms with Gasteiger partial charge in [-0.15, -0.1) is 0 Å². The molecule has 0 aromatic heterocycles. The van der Waals surface area contributed by atoms with Gasteiger partial charge in [0.15, 0.2) is 0 Å². The molecule has 0 N–H and O–H groups in total. The molecule has 0 spiro atoms. The van der Waals surface area contributed by atoms with Gasteiger partial charge in [-0.3, -0.25) is 4.79 Å². The number of rotatable bonds is 1. The van der Waals surface area contributed by atoms with Crippen molar-refractivity contribution in [1.29, 1.82) is 0 Å². The fourth-order valence-electron chi connectivity index (χ4n) is 3.99. The van der Waals surface area contributed by atoms with Crippen LogP contribution in [0, 0.1) is 29.6 Å². The number of Topliss-reactive ketones (excluding diaryl/α,β-unsaturated/α-hetero) is 1. The molecule has 0 unspecified atom stereocenters. The van der Waals surface area contributed by atoms with Gasteiger partial charge in [-0.05, 0) is 37.5 Å². The first-order valence-corrected chi connectivity index (χ1v) is 5.41. The van der Waals surface area contributed by atoms with Gasteiger partial charge < -0.3 is 9.90 Å². The summed E-state index contributed by atoms with van der Waals surface area (Å²) in [4.78, 5) is 22.8. The molecule has 4 rings (SSSR count). The molecule has 4 fully saturated rings. The number of carbonyl (C=O) groups excluding carboxylic acids is 2. The van der Waals surface area contributed by atoms with Crippen molar-refractivity contribution < 1.29 is 14.7 Å². The third kappa shape index (κ3) is 0.928. The van der Waals surface area contributed by atoms with Crippen molar-refractivity contribution in [1.82, 2.24) is 0 Å². The van der Waals surface area contributed by atoms with E-state index in [0.717, 1.165) is 25.7 Å². The highest BCUT2D eigenvalue weighted by Crippen LogP contribution is 2.54. The fourth-order valence-corrected chi connectivity index (χ4v) is 3.99. The summed E-state index contributed by atoms with van der Waals surface area (Å²) in [5.74, 6) is -0.393. The second kappa shape index (κ2) is 2.59. The molecule has 4 saturated carbocycles. The molecule has 0 heterocycles. The maximum absolute atomic E-state index is 11.8. The summed E-state index contributed by atoms with van der Waals surface area (Å²) in [6.07, 6.45) is 3.65. The van der Waals surface area contributed by atoms with Crippen molar-refractivity contribution in [2.45, 2.75) is 25.7 Å². The lowest BCUT2D eigenvalue weighted by atomic mass is 9.51. The highest BCUT2D eigenvalue weighted by atomic mass is 16.4. The van der Waals surface area contributed by atoms with Crippen LogP contribution in [0.1, 0.15) is 25.7 Å². The summed E-state index contributed by atoms with van der Waals surface area (Å²) < 4.78 is 0. The van der Waals surface area contributed by atoms with Crippen LogP contribution in [0.4, 0.5) is 0 Å². The van der Waals surface area contributed by atoms with Crippen LogP contribution in [0.15, 0.2) is 0 Å². The largest absolute Gasteiger partial charge is 0.550 e. The minimum atomic E-state index is -0.993. The number of carboxylic acids is 1. The van der Waals surface area contributed by atoms with E-state index in [0.29, 0.717) is 5.92 Å². The molecular weight excluding hydrogens is 180 g/mol. The lowest BCUT2D eigenvalue weighted by molar-refractivity contribution is -0.318. The van der Waals surface area contributed by atoms with Crippen LogP contribution >= 0.6 is 0 Å². The topological polar surface area (TPSA) is 57.2 Å². The quantitative estimate of drug-likeness (QED) is 0.588. The summed E-state index contributed by atoms with van der Waals surface area (Å²) in [7, 11) is 0. The molecule has 5 atom stereocenters. The smallest absolute Gasteiger partial charge is 0.139 e. The zero-order chi connectivity index (χ0) is 9.87. The summed E-state index contributed by atoms with van der Waals surface area (Å²) in [5, 5.41) is 11.0. The van der Waals surface area contributed by atoms with Crippen LogP contribution in [0.2, 0.25) is 0 Å². The molecule has 0 aromatic carbocycles. The van der Waals surface area contributed by atoms with Crippen molar-refractivity contribution in [3.63, 3.8) is 0 Å². The normalized spacial score (nSPS) is 49.7. The molecule has 14 heavy (non-hydrogen) atoms. The van der Waals surface area contributed by atoms with Gasteiger partial charge in [-0.2, -0.15) is 0 Å². The summed E-state index contributed by atoms with van der Waals surface area (Å²) in [5.41, 5.74) is 0. The van der Waals surface area contributed by atoms with Crippen LogP contribution in [0.25, 0.3) is 0 Å². The predicted molar refractivity (Wildman–Crippen MR) is 45.9 cm³/mol. The molecule has 4 bridgehead atoms. The molecule has 0 amide bonds. The minimum Gasteiger partial charge on any atom is -0.550 e. The first kappa shape index (κ1) is 8.45. The Morgan fingerprint density at radius 2 is 2.00 bits per heavy atom. The van der Waals surface area contributed by atoms with Crippen molar-refractivity contribution >= 4 is 11.8 Å². The predicted octanol–water partition coefficient (Wildman–Crippen LogP) is -0.0124. The Balaban J connectivity index is 1.97. The molecule has 0 aromatic rings. The van der Waals surface area contributed by atoms with E-state index in [4.69, 9.17) is 0 Å². The Morgan fingerprint density at radius 1 is 1.21 bits per heavy atom. The average Bonchev–Trinajstić information content (AvgIpc) is 2.12. The number of carboxylic acid groups (broad SMARTS) is 1. The van der Waals surface area contributed by atoms with Crippen LogP contribution in [0.5, 0.6) is 0 Å². The molecule has 4 aliphatic rings. The van der Waals surface area contributed by atoms with Gasteiger partial charge in [0.05, 0.1) is 0 Å². The Labute approximate surface area is 82.5 Å². The molecular formula is C11H13O3-. The second-order valence-electron chi connectivity index (χ2n) is 5.12. The number of ketones is 1. The van der Waals surface area contributed by atoms with Gasteiger partial charge in [-0.1, -0.05) is 0 Å². The maximum atomic E-state index is 11.8. The summed E-state index contributed by atoms with van der Waals surface area (Å²) >= 11 is 0.